The van der Waals surface area contributed by atoms with E-state index in [2.05, 4.69) is 15.1 Å². The van der Waals surface area contributed by atoms with Gasteiger partial charge in [-0.05, 0) is 0 Å². The third-order valence-electron chi connectivity index (χ3n) is 2.58. The number of rotatable bonds is 3. The number of nitrogen functional groups attached to an aromatic ring is 1. The number of nitrogens with zero attached hydrogens (tertiary/aromatic N) is 5. The third-order valence-corrected chi connectivity index (χ3v) is 3.47. The Kier molecular flexibility index (Phi) is 3.00. The Morgan fingerprint density at radius 1 is 1.50 bits per heavy atom. The Morgan fingerprint density at radius 3 is 3.10 bits per heavy atom. The summed E-state index contributed by atoms with van der Waals surface area (Å²) < 4.78 is 2.64. The summed E-state index contributed by atoms with van der Waals surface area (Å²) in [6.07, 6.45) is 4.54. The van der Waals surface area contributed by atoms with Crippen LogP contribution >= 0.6 is 11.3 Å². The van der Waals surface area contributed by atoms with Crippen molar-refractivity contribution < 1.29 is 4.79 Å². The minimum atomic E-state index is -0.465. The van der Waals surface area contributed by atoms with Crippen molar-refractivity contribution in [3.63, 3.8) is 0 Å². The molecule has 0 aliphatic carbocycles. The molecule has 102 valence electrons. The lowest BCUT2D eigenvalue weighted by atomic mass is 10.5. The summed E-state index contributed by atoms with van der Waals surface area (Å²) in [5.74, 6) is 4.57. The van der Waals surface area contributed by atoms with E-state index in [9.17, 15) is 9.59 Å². The van der Waals surface area contributed by atoms with Crippen LogP contribution in [0.5, 0.6) is 0 Å². The number of carbonyl (C=O) groups excluding carboxylic acids is 1. The van der Waals surface area contributed by atoms with Crippen molar-refractivity contribution in [3.05, 3.63) is 45.2 Å². The minimum Gasteiger partial charge on any atom is -0.288 e. The minimum absolute atomic E-state index is 0.175. The fourth-order valence-electron chi connectivity index (χ4n) is 1.68. The molecule has 3 rings (SSSR count). The van der Waals surface area contributed by atoms with E-state index in [1.165, 1.54) is 27.7 Å². The molecule has 0 aromatic carbocycles. The van der Waals surface area contributed by atoms with Gasteiger partial charge in [-0.25, -0.2) is 24.7 Å². The van der Waals surface area contributed by atoms with E-state index in [0.29, 0.717) is 11.3 Å². The molecule has 0 bridgehead atoms. The van der Waals surface area contributed by atoms with Crippen molar-refractivity contribution in [1.29, 1.82) is 0 Å². The molecule has 9 nitrogen and oxygen atoms in total. The molecule has 0 saturated carbocycles. The molecular formula is C10H9N7O2S. The monoisotopic (exact) mass is 291 g/mol. The maximum absolute atomic E-state index is 12.0. The predicted octanol–water partition coefficient (Wildman–Crippen LogP) is -1.00. The molecule has 10 heteroatoms. The quantitative estimate of drug-likeness (QED) is 0.363. The first-order valence-corrected chi connectivity index (χ1v) is 6.41. The van der Waals surface area contributed by atoms with Crippen LogP contribution in [-0.4, -0.2) is 30.1 Å². The van der Waals surface area contributed by atoms with Crippen LogP contribution in [0.2, 0.25) is 0 Å². The second kappa shape index (κ2) is 4.83. The summed E-state index contributed by atoms with van der Waals surface area (Å²) in [6.45, 7) is 0.175. The van der Waals surface area contributed by atoms with Crippen molar-refractivity contribution in [3.8, 4) is 0 Å². The number of nitrogens with one attached hydrogen (secondary N) is 1. The molecule has 3 N–H and O–H groups in total. The number of hydrogen-bond acceptors (Lipinski definition) is 7. The average molecular weight is 291 g/mol. The standard InChI is InChI=1S/C10H9N7O2S/c11-14-8(18)9-13-6(5-20-9)4-17-10(19)16-2-1-12-3-7(16)15-17/h1-3,5H,4,11H2,(H,14,18). The van der Waals surface area contributed by atoms with E-state index in [4.69, 9.17) is 5.84 Å². The van der Waals surface area contributed by atoms with Crippen LogP contribution in [0.1, 0.15) is 15.5 Å². The molecule has 0 atom stereocenters. The van der Waals surface area contributed by atoms with Crippen molar-refractivity contribution in [2.24, 2.45) is 5.84 Å². The summed E-state index contributed by atoms with van der Waals surface area (Å²) in [6, 6.07) is 0. The van der Waals surface area contributed by atoms with Crippen LogP contribution in [0.15, 0.2) is 28.8 Å². The van der Waals surface area contributed by atoms with Gasteiger partial charge in [-0.3, -0.25) is 15.2 Å². The Labute approximate surface area is 115 Å². The zero-order valence-electron chi connectivity index (χ0n) is 10.1. The van der Waals surface area contributed by atoms with Gasteiger partial charge < -0.3 is 0 Å². The summed E-state index contributed by atoms with van der Waals surface area (Å²) in [4.78, 5) is 31.3. The second-order valence-corrected chi connectivity index (χ2v) is 4.72. The van der Waals surface area contributed by atoms with Gasteiger partial charge in [-0.2, -0.15) is 0 Å². The van der Waals surface area contributed by atoms with Gasteiger partial charge in [-0.15, -0.1) is 16.4 Å². The van der Waals surface area contributed by atoms with Crippen molar-refractivity contribution in [1.82, 2.24) is 29.6 Å². The smallest absolute Gasteiger partial charge is 0.288 e. The van der Waals surface area contributed by atoms with Crippen LogP contribution in [0.3, 0.4) is 0 Å². The average Bonchev–Trinajstić information content (AvgIpc) is 3.05. The van der Waals surface area contributed by atoms with E-state index in [1.807, 2.05) is 5.43 Å². The number of carbonyl (C=O) groups is 1. The van der Waals surface area contributed by atoms with Gasteiger partial charge in [0.1, 0.15) is 0 Å². The first kappa shape index (κ1) is 12.4. The SMILES string of the molecule is NNC(=O)c1nc(Cn2nc3cnccn3c2=O)cs1. The van der Waals surface area contributed by atoms with Crippen molar-refractivity contribution in [2.45, 2.75) is 6.54 Å². The number of fused-ring (bicyclic) bond motifs is 1. The third kappa shape index (κ3) is 2.06. The molecule has 0 aliphatic rings. The molecule has 0 radical (unpaired) electrons. The first-order valence-electron chi connectivity index (χ1n) is 5.53. The Bertz CT molecular complexity index is 833. The molecule has 1 amide bonds. The number of amides is 1. The number of thiazole rings is 1. The molecule has 0 aliphatic heterocycles. The van der Waals surface area contributed by atoms with Gasteiger partial charge in [0.15, 0.2) is 10.7 Å². The molecule has 0 spiro atoms. The highest BCUT2D eigenvalue weighted by Crippen LogP contribution is 2.10. The lowest BCUT2D eigenvalue weighted by molar-refractivity contribution is 0.0953. The van der Waals surface area contributed by atoms with Crippen molar-refractivity contribution in [2.75, 3.05) is 0 Å². The molecule has 3 aromatic heterocycles. The summed E-state index contributed by atoms with van der Waals surface area (Å²) in [5, 5.41) is 6.04. The number of hydrazine groups is 1. The van der Waals surface area contributed by atoms with Gasteiger partial charge in [0.2, 0.25) is 0 Å². The summed E-state index contributed by atoms with van der Waals surface area (Å²) in [5.41, 5.74) is 2.73. The van der Waals surface area contributed by atoms with Gasteiger partial charge in [0.05, 0.1) is 18.4 Å². The fourth-order valence-corrected chi connectivity index (χ4v) is 2.39. The van der Waals surface area contributed by atoms with Crippen LogP contribution in [0, 0.1) is 0 Å². The molecule has 0 fully saturated rings. The van der Waals surface area contributed by atoms with Crippen LogP contribution in [0.4, 0.5) is 0 Å². The lowest BCUT2D eigenvalue weighted by Crippen LogP contribution is -2.30. The predicted molar refractivity (Wildman–Crippen MR) is 70.1 cm³/mol. The molecule has 0 unspecified atom stereocenters. The largest absolute Gasteiger partial charge is 0.350 e. The van der Waals surface area contributed by atoms with E-state index in [1.54, 1.807) is 5.38 Å². The van der Waals surface area contributed by atoms with Gasteiger partial charge in [-0.1, -0.05) is 0 Å². The zero-order chi connectivity index (χ0) is 14.1. The number of nitrogens with two attached hydrogens (primary N) is 1. The van der Waals surface area contributed by atoms with Crippen LogP contribution < -0.4 is 17.0 Å². The van der Waals surface area contributed by atoms with Crippen molar-refractivity contribution >= 4 is 22.9 Å². The summed E-state index contributed by atoms with van der Waals surface area (Å²) in [7, 11) is 0. The maximum atomic E-state index is 12.0. The Balaban J connectivity index is 1.93. The van der Waals surface area contributed by atoms with E-state index in [-0.39, 0.29) is 17.2 Å². The van der Waals surface area contributed by atoms with E-state index >= 15 is 0 Å². The number of hydrogen-bond donors (Lipinski definition) is 2. The summed E-state index contributed by atoms with van der Waals surface area (Å²) >= 11 is 1.15. The topological polar surface area (TPSA) is 120 Å². The van der Waals surface area contributed by atoms with Gasteiger partial charge in [0, 0.05) is 17.8 Å². The zero-order valence-corrected chi connectivity index (χ0v) is 10.9. The highest BCUT2D eigenvalue weighted by molar-refractivity contribution is 7.11. The maximum Gasteiger partial charge on any atom is 0.350 e. The highest BCUT2D eigenvalue weighted by atomic mass is 32.1. The Hall–Kier alpha value is -2.59. The van der Waals surface area contributed by atoms with Crippen LogP contribution in [-0.2, 0) is 6.54 Å². The molecule has 3 heterocycles. The van der Waals surface area contributed by atoms with E-state index < -0.39 is 5.91 Å². The van der Waals surface area contributed by atoms with E-state index in [0.717, 1.165) is 11.3 Å². The molecule has 20 heavy (non-hydrogen) atoms. The normalized spacial score (nSPS) is 10.8. The molecular weight excluding hydrogens is 282 g/mol. The van der Waals surface area contributed by atoms with Gasteiger partial charge >= 0.3 is 5.69 Å². The van der Waals surface area contributed by atoms with Gasteiger partial charge in [0.25, 0.3) is 5.91 Å². The van der Waals surface area contributed by atoms with Crippen LogP contribution in [0.25, 0.3) is 5.65 Å². The fraction of sp³-hybridized carbons (Fsp3) is 0.100. The number of aromatic nitrogens is 5. The first-order chi connectivity index (χ1) is 9.69. The Morgan fingerprint density at radius 2 is 2.35 bits per heavy atom. The molecule has 0 saturated heterocycles. The second-order valence-electron chi connectivity index (χ2n) is 3.86. The highest BCUT2D eigenvalue weighted by Gasteiger charge is 2.12. The lowest BCUT2D eigenvalue weighted by Gasteiger charge is -1.94. The molecule has 3 aromatic rings.